The van der Waals surface area contributed by atoms with E-state index in [0.717, 1.165) is 11.1 Å². The summed E-state index contributed by atoms with van der Waals surface area (Å²) in [6.07, 6.45) is 3.53. The molecule has 0 aliphatic heterocycles. The molecule has 0 saturated carbocycles. The van der Waals surface area contributed by atoms with Crippen LogP contribution < -0.4 is 5.32 Å². The number of aromatic nitrogens is 1. The van der Waals surface area contributed by atoms with Gasteiger partial charge in [0, 0.05) is 18.0 Å². The minimum atomic E-state index is -0.231. The van der Waals surface area contributed by atoms with Crippen LogP contribution in [0.4, 0.5) is 0 Å². The highest BCUT2D eigenvalue weighted by Gasteiger charge is 2.18. The molecule has 3 aromatic rings. The highest BCUT2D eigenvalue weighted by Crippen LogP contribution is 2.24. The van der Waals surface area contributed by atoms with Crippen molar-refractivity contribution in [3.05, 3.63) is 101 Å². The molecule has 1 heterocycles. The fourth-order valence-electron chi connectivity index (χ4n) is 2.65. The predicted molar refractivity (Wildman–Crippen MR) is 95.9 cm³/mol. The van der Waals surface area contributed by atoms with Crippen molar-refractivity contribution < 1.29 is 4.79 Å². The van der Waals surface area contributed by atoms with Crippen LogP contribution in [0.1, 0.15) is 38.7 Å². The minimum Gasteiger partial charge on any atom is -0.341 e. The summed E-state index contributed by atoms with van der Waals surface area (Å²) in [5.41, 5.74) is 5.10. The molecular weight excluding hydrogens is 296 g/mol. The van der Waals surface area contributed by atoms with Gasteiger partial charge in [-0.3, -0.25) is 9.78 Å². The van der Waals surface area contributed by atoms with Crippen molar-refractivity contribution in [1.82, 2.24) is 10.3 Å². The van der Waals surface area contributed by atoms with Crippen molar-refractivity contribution in [2.24, 2.45) is 0 Å². The highest BCUT2D eigenvalue weighted by atomic mass is 16.1. The van der Waals surface area contributed by atoms with E-state index >= 15 is 0 Å². The second kappa shape index (κ2) is 7.09. The second-order valence-corrected chi connectivity index (χ2v) is 5.90. The monoisotopic (exact) mass is 316 g/mol. The van der Waals surface area contributed by atoms with Crippen molar-refractivity contribution in [3.8, 4) is 0 Å². The summed E-state index contributed by atoms with van der Waals surface area (Å²) in [7, 11) is 0. The maximum absolute atomic E-state index is 12.6. The molecule has 0 fully saturated rings. The van der Waals surface area contributed by atoms with Crippen LogP contribution in [0.3, 0.4) is 0 Å². The van der Waals surface area contributed by atoms with Crippen molar-refractivity contribution in [3.63, 3.8) is 0 Å². The van der Waals surface area contributed by atoms with Crippen LogP contribution in [-0.2, 0) is 0 Å². The number of hydrogen-bond donors (Lipinski definition) is 1. The van der Waals surface area contributed by atoms with E-state index in [9.17, 15) is 4.79 Å². The Balaban J connectivity index is 1.96. The molecule has 1 atom stereocenters. The van der Waals surface area contributed by atoms with E-state index in [1.165, 1.54) is 11.1 Å². The molecule has 0 bridgehead atoms. The number of amides is 1. The molecule has 1 unspecified atom stereocenters. The quantitative estimate of drug-likeness (QED) is 0.783. The highest BCUT2D eigenvalue weighted by molar-refractivity contribution is 5.94. The van der Waals surface area contributed by atoms with Crippen LogP contribution in [0, 0.1) is 13.8 Å². The van der Waals surface area contributed by atoms with E-state index in [-0.39, 0.29) is 11.9 Å². The van der Waals surface area contributed by atoms with E-state index in [2.05, 4.69) is 42.3 Å². The number of carbonyl (C=O) groups excluding carboxylic acids is 1. The van der Waals surface area contributed by atoms with Gasteiger partial charge in [0.05, 0.1) is 6.04 Å². The van der Waals surface area contributed by atoms with Gasteiger partial charge in [0.2, 0.25) is 0 Å². The Morgan fingerprint density at radius 2 is 1.71 bits per heavy atom. The Hall–Kier alpha value is -2.94. The van der Waals surface area contributed by atoms with Gasteiger partial charge in [0.1, 0.15) is 0 Å². The van der Waals surface area contributed by atoms with E-state index in [4.69, 9.17) is 0 Å². The summed E-state index contributed by atoms with van der Waals surface area (Å²) in [5.74, 6) is -0.0947. The Bertz CT molecular complexity index is 829. The smallest absolute Gasteiger partial charge is 0.252 e. The van der Waals surface area contributed by atoms with Gasteiger partial charge >= 0.3 is 0 Å². The molecule has 3 nitrogen and oxygen atoms in total. The van der Waals surface area contributed by atoms with Crippen molar-refractivity contribution >= 4 is 5.91 Å². The lowest BCUT2D eigenvalue weighted by molar-refractivity contribution is 0.0943. The summed E-state index contributed by atoms with van der Waals surface area (Å²) in [6, 6.07) is 19.2. The number of pyridine rings is 1. The maximum atomic E-state index is 12.6. The largest absolute Gasteiger partial charge is 0.341 e. The number of benzene rings is 2. The van der Waals surface area contributed by atoms with Crippen LogP contribution in [0.2, 0.25) is 0 Å². The van der Waals surface area contributed by atoms with Crippen LogP contribution in [0.25, 0.3) is 0 Å². The number of rotatable bonds is 4. The normalized spacial score (nSPS) is 11.8. The fraction of sp³-hybridized carbons (Fsp3) is 0.143. The second-order valence-electron chi connectivity index (χ2n) is 5.90. The lowest BCUT2D eigenvalue weighted by Crippen LogP contribution is -2.29. The van der Waals surface area contributed by atoms with Crippen LogP contribution in [0.15, 0.2) is 73.1 Å². The Morgan fingerprint density at radius 1 is 0.917 bits per heavy atom. The van der Waals surface area contributed by atoms with Crippen molar-refractivity contribution in [1.29, 1.82) is 0 Å². The molecule has 0 aliphatic rings. The van der Waals surface area contributed by atoms with Gasteiger partial charge in [-0.25, -0.2) is 0 Å². The molecule has 2 aromatic carbocycles. The molecule has 1 aromatic heterocycles. The van der Waals surface area contributed by atoms with Gasteiger partial charge < -0.3 is 5.32 Å². The molecule has 24 heavy (non-hydrogen) atoms. The third-order valence-electron chi connectivity index (χ3n) is 4.19. The molecule has 120 valence electrons. The summed E-state index contributed by atoms with van der Waals surface area (Å²) in [6.45, 7) is 4.17. The number of hydrogen-bond acceptors (Lipinski definition) is 2. The number of carbonyl (C=O) groups is 1. The summed E-state index contributed by atoms with van der Waals surface area (Å²) < 4.78 is 0. The summed E-state index contributed by atoms with van der Waals surface area (Å²) in [4.78, 5) is 16.8. The number of aryl methyl sites for hydroxylation is 2. The molecule has 0 spiro atoms. The Kier molecular flexibility index (Phi) is 4.71. The molecular formula is C21H20N2O. The van der Waals surface area contributed by atoms with Gasteiger partial charge in [-0.1, -0.05) is 42.5 Å². The minimum absolute atomic E-state index is 0.0947. The molecule has 0 aliphatic carbocycles. The lowest BCUT2D eigenvalue weighted by atomic mass is 9.96. The average Bonchev–Trinajstić information content (AvgIpc) is 2.63. The zero-order valence-electron chi connectivity index (χ0n) is 13.9. The molecule has 0 saturated heterocycles. The molecule has 1 amide bonds. The number of nitrogens with one attached hydrogen (secondary N) is 1. The van der Waals surface area contributed by atoms with E-state index in [1.54, 1.807) is 12.4 Å². The van der Waals surface area contributed by atoms with Gasteiger partial charge in [-0.15, -0.1) is 0 Å². The standard InChI is InChI=1S/C21H20N2O/c1-15-10-11-18(13-16(15)2)20(19-9-6-12-22-14-19)23-21(24)17-7-4-3-5-8-17/h3-14,20H,1-2H3,(H,23,24). The third kappa shape index (κ3) is 3.51. The van der Waals surface area contributed by atoms with Crippen molar-refractivity contribution in [2.45, 2.75) is 19.9 Å². The zero-order chi connectivity index (χ0) is 16.9. The lowest BCUT2D eigenvalue weighted by Gasteiger charge is -2.20. The van der Waals surface area contributed by atoms with Gasteiger partial charge in [-0.2, -0.15) is 0 Å². The summed E-state index contributed by atoms with van der Waals surface area (Å²) in [5, 5.41) is 3.13. The molecule has 0 radical (unpaired) electrons. The van der Waals surface area contributed by atoms with Gasteiger partial charge in [-0.05, 0) is 54.3 Å². The summed E-state index contributed by atoms with van der Waals surface area (Å²) >= 11 is 0. The first-order chi connectivity index (χ1) is 11.6. The molecule has 1 N–H and O–H groups in total. The van der Waals surface area contributed by atoms with Gasteiger partial charge in [0.25, 0.3) is 5.91 Å². The zero-order valence-corrected chi connectivity index (χ0v) is 13.9. The average molecular weight is 316 g/mol. The van der Waals surface area contributed by atoms with E-state index in [1.807, 2.05) is 42.5 Å². The first-order valence-electron chi connectivity index (χ1n) is 7.98. The fourth-order valence-corrected chi connectivity index (χ4v) is 2.65. The van der Waals surface area contributed by atoms with Gasteiger partial charge in [0.15, 0.2) is 0 Å². The topological polar surface area (TPSA) is 42.0 Å². The van der Waals surface area contributed by atoms with Crippen molar-refractivity contribution in [2.75, 3.05) is 0 Å². The molecule has 3 rings (SSSR count). The van der Waals surface area contributed by atoms with Crippen LogP contribution >= 0.6 is 0 Å². The van der Waals surface area contributed by atoms with Crippen LogP contribution in [-0.4, -0.2) is 10.9 Å². The Morgan fingerprint density at radius 3 is 2.38 bits per heavy atom. The maximum Gasteiger partial charge on any atom is 0.252 e. The first-order valence-corrected chi connectivity index (χ1v) is 7.98. The van der Waals surface area contributed by atoms with Crippen LogP contribution in [0.5, 0.6) is 0 Å². The first kappa shape index (κ1) is 15.9. The van der Waals surface area contributed by atoms with E-state index in [0.29, 0.717) is 5.56 Å². The number of nitrogens with zero attached hydrogens (tertiary/aromatic N) is 1. The third-order valence-corrected chi connectivity index (χ3v) is 4.19. The van der Waals surface area contributed by atoms with E-state index < -0.39 is 0 Å². The Labute approximate surface area is 142 Å². The SMILES string of the molecule is Cc1ccc(C(NC(=O)c2ccccc2)c2cccnc2)cc1C. The predicted octanol–water partition coefficient (Wildman–Crippen LogP) is 4.22. The molecule has 3 heteroatoms.